The van der Waals surface area contributed by atoms with Crippen LogP contribution < -0.4 is 4.74 Å². The Balaban J connectivity index is 1.78. The third kappa shape index (κ3) is 3.83. The van der Waals surface area contributed by atoms with Gasteiger partial charge < -0.3 is 14.6 Å². The number of sulfone groups is 1. The maximum Gasteiger partial charge on any atom is 0.409 e. The number of ether oxygens (including phenoxy) is 2. The molecule has 1 N–H and O–H groups in total. The number of methoxy groups -OCH3 is 1. The van der Waals surface area contributed by atoms with E-state index in [0.29, 0.717) is 18.8 Å². The van der Waals surface area contributed by atoms with Crippen LogP contribution >= 0.6 is 0 Å². The lowest BCUT2D eigenvalue weighted by molar-refractivity contribution is -0.0419. The lowest BCUT2D eigenvalue weighted by atomic mass is 10.1. The summed E-state index contributed by atoms with van der Waals surface area (Å²) in [5.74, 6) is 0.582. The van der Waals surface area contributed by atoms with E-state index in [0.717, 1.165) is 5.56 Å². The number of hydrogen-bond donors (Lipinski definition) is 1. The van der Waals surface area contributed by atoms with Gasteiger partial charge in [0.15, 0.2) is 0 Å². The first kappa shape index (κ1) is 20.2. The van der Waals surface area contributed by atoms with E-state index in [2.05, 4.69) is 0 Å². The molecule has 150 valence electrons. The Bertz CT molecular complexity index is 951. The van der Waals surface area contributed by atoms with E-state index in [-0.39, 0.29) is 15.8 Å². The Hall–Kier alpha value is -2.58. The topological polar surface area (TPSA) is 93.1 Å². The van der Waals surface area contributed by atoms with E-state index in [4.69, 9.17) is 9.47 Å². The average Bonchev–Trinajstić information content (AvgIpc) is 2.96. The summed E-state index contributed by atoms with van der Waals surface area (Å²) in [4.78, 5) is 13.2. The Morgan fingerprint density at radius 1 is 1.14 bits per heavy atom. The van der Waals surface area contributed by atoms with Gasteiger partial charge in [-0.1, -0.05) is 12.1 Å². The summed E-state index contributed by atoms with van der Waals surface area (Å²) in [5.41, 5.74) is -0.0417. The van der Waals surface area contributed by atoms with Crippen LogP contribution in [0.4, 0.5) is 4.79 Å². The third-order valence-electron chi connectivity index (χ3n) is 4.86. The van der Waals surface area contributed by atoms with Crippen LogP contribution in [0, 0.1) is 0 Å². The van der Waals surface area contributed by atoms with Crippen LogP contribution in [0.3, 0.4) is 0 Å². The summed E-state index contributed by atoms with van der Waals surface area (Å²) in [7, 11) is -2.12. The van der Waals surface area contributed by atoms with Crippen molar-refractivity contribution in [3.05, 3.63) is 54.1 Å². The van der Waals surface area contributed by atoms with Crippen molar-refractivity contribution in [2.75, 3.05) is 13.7 Å². The first-order valence-corrected chi connectivity index (χ1v) is 10.3. The molecule has 0 spiro atoms. The number of amides is 1. The fourth-order valence-electron chi connectivity index (χ4n) is 3.39. The fraction of sp³-hybridized carbons (Fsp3) is 0.350. The molecule has 1 unspecified atom stereocenters. The number of carbonyl (C=O) groups is 1. The highest BCUT2D eigenvalue weighted by Gasteiger charge is 2.43. The quantitative estimate of drug-likeness (QED) is 0.821. The number of carboxylic acid groups (broad SMARTS) is 1. The summed E-state index contributed by atoms with van der Waals surface area (Å²) in [6.45, 7) is 3.72. The molecule has 1 heterocycles. The van der Waals surface area contributed by atoms with E-state index in [1.165, 1.54) is 24.1 Å². The number of rotatable bonds is 5. The van der Waals surface area contributed by atoms with Gasteiger partial charge in [0.05, 0.1) is 29.5 Å². The summed E-state index contributed by atoms with van der Waals surface area (Å²) in [5, 5.41) is 9.47. The van der Waals surface area contributed by atoms with Crippen molar-refractivity contribution in [1.29, 1.82) is 0 Å². The van der Waals surface area contributed by atoms with Crippen LogP contribution in [0.2, 0.25) is 0 Å². The van der Waals surface area contributed by atoms with Gasteiger partial charge in [0.2, 0.25) is 9.84 Å². The lowest BCUT2D eigenvalue weighted by Crippen LogP contribution is -2.47. The highest BCUT2D eigenvalue weighted by molar-refractivity contribution is 7.91. The zero-order chi connectivity index (χ0) is 20.5. The second-order valence-electron chi connectivity index (χ2n) is 7.09. The molecule has 8 heteroatoms. The van der Waals surface area contributed by atoms with Gasteiger partial charge in [-0.25, -0.2) is 13.2 Å². The molecule has 1 amide bonds. The van der Waals surface area contributed by atoms with Gasteiger partial charge in [0.1, 0.15) is 11.5 Å². The summed E-state index contributed by atoms with van der Waals surface area (Å²) < 4.78 is 36.2. The largest absolute Gasteiger partial charge is 0.497 e. The lowest BCUT2D eigenvalue weighted by Gasteiger charge is -2.31. The Labute approximate surface area is 164 Å². The van der Waals surface area contributed by atoms with Crippen molar-refractivity contribution < 1.29 is 27.8 Å². The van der Waals surface area contributed by atoms with Gasteiger partial charge in [-0.2, -0.15) is 0 Å². The van der Waals surface area contributed by atoms with Crippen molar-refractivity contribution in [2.24, 2.45) is 0 Å². The molecule has 2 aromatic carbocycles. The van der Waals surface area contributed by atoms with Crippen molar-refractivity contribution in [1.82, 2.24) is 4.90 Å². The molecular formula is C20H23NO6S. The molecule has 28 heavy (non-hydrogen) atoms. The predicted octanol–water partition coefficient (Wildman–Crippen LogP) is 3.19. The smallest absolute Gasteiger partial charge is 0.409 e. The molecule has 1 atom stereocenters. The van der Waals surface area contributed by atoms with Crippen LogP contribution in [0.25, 0.3) is 0 Å². The normalized spacial score (nSPS) is 18.8. The first-order chi connectivity index (χ1) is 13.1. The molecule has 0 radical (unpaired) electrons. The third-order valence-corrected chi connectivity index (χ3v) is 6.64. The highest BCUT2D eigenvalue weighted by Crippen LogP contribution is 2.30. The van der Waals surface area contributed by atoms with Crippen LogP contribution in [0.5, 0.6) is 5.75 Å². The van der Waals surface area contributed by atoms with Crippen LogP contribution in [-0.4, -0.2) is 50.0 Å². The van der Waals surface area contributed by atoms with Gasteiger partial charge in [0.25, 0.3) is 0 Å². The SMILES string of the molecule is COc1ccc(S(=O)(=O)c2ccc(CC3COC(C)(C)N3C(=O)O)cc2)cc1. The summed E-state index contributed by atoms with van der Waals surface area (Å²) >= 11 is 0. The Morgan fingerprint density at radius 3 is 2.18 bits per heavy atom. The summed E-state index contributed by atoms with van der Waals surface area (Å²) in [6, 6.07) is 12.4. The molecular weight excluding hydrogens is 382 g/mol. The average molecular weight is 405 g/mol. The highest BCUT2D eigenvalue weighted by atomic mass is 32.2. The van der Waals surface area contributed by atoms with Gasteiger partial charge in [-0.15, -0.1) is 0 Å². The second-order valence-corrected chi connectivity index (χ2v) is 9.04. The first-order valence-electron chi connectivity index (χ1n) is 8.79. The molecule has 0 aromatic heterocycles. The minimum Gasteiger partial charge on any atom is -0.497 e. The molecule has 1 saturated heterocycles. The minimum atomic E-state index is -3.64. The fourth-order valence-corrected chi connectivity index (χ4v) is 4.65. The molecule has 0 bridgehead atoms. The minimum absolute atomic E-state index is 0.180. The maximum absolute atomic E-state index is 12.8. The molecule has 3 rings (SSSR count). The molecule has 1 aliphatic rings. The van der Waals surface area contributed by atoms with Gasteiger partial charge in [-0.05, 0) is 62.2 Å². The molecule has 7 nitrogen and oxygen atoms in total. The van der Waals surface area contributed by atoms with E-state index >= 15 is 0 Å². The van der Waals surface area contributed by atoms with Crippen LogP contribution in [-0.2, 0) is 21.0 Å². The summed E-state index contributed by atoms with van der Waals surface area (Å²) in [6.07, 6.45) is -0.593. The standard InChI is InChI=1S/C20H23NO6S/c1-20(2)21(19(22)23)15(13-27-20)12-14-4-8-17(9-5-14)28(24,25)18-10-6-16(26-3)7-11-18/h4-11,15H,12-13H2,1-3H3,(H,22,23). The molecule has 1 aliphatic heterocycles. The molecule has 1 fully saturated rings. The molecule has 0 saturated carbocycles. The van der Waals surface area contributed by atoms with Crippen molar-refractivity contribution >= 4 is 15.9 Å². The Kier molecular flexibility index (Phi) is 5.36. The zero-order valence-electron chi connectivity index (χ0n) is 16.0. The van der Waals surface area contributed by atoms with E-state index in [9.17, 15) is 18.3 Å². The Morgan fingerprint density at radius 2 is 1.68 bits per heavy atom. The number of hydrogen-bond acceptors (Lipinski definition) is 5. The predicted molar refractivity (Wildman–Crippen MR) is 102 cm³/mol. The van der Waals surface area contributed by atoms with Crippen LogP contribution in [0.1, 0.15) is 19.4 Å². The number of benzene rings is 2. The van der Waals surface area contributed by atoms with Crippen molar-refractivity contribution in [3.63, 3.8) is 0 Å². The zero-order valence-corrected chi connectivity index (χ0v) is 16.8. The molecule has 0 aliphatic carbocycles. The van der Waals surface area contributed by atoms with Gasteiger partial charge >= 0.3 is 6.09 Å². The maximum atomic E-state index is 12.8. The van der Waals surface area contributed by atoms with E-state index < -0.39 is 21.7 Å². The van der Waals surface area contributed by atoms with Gasteiger partial charge in [0, 0.05) is 0 Å². The monoisotopic (exact) mass is 405 g/mol. The number of nitrogens with zero attached hydrogens (tertiary/aromatic N) is 1. The van der Waals surface area contributed by atoms with Crippen molar-refractivity contribution in [3.8, 4) is 5.75 Å². The van der Waals surface area contributed by atoms with E-state index in [1.807, 2.05) is 0 Å². The van der Waals surface area contributed by atoms with E-state index in [1.54, 1.807) is 50.2 Å². The van der Waals surface area contributed by atoms with Crippen molar-refractivity contribution in [2.45, 2.75) is 41.8 Å². The second kappa shape index (κ2) is 7.44. The molecule has 2 aromatic rings. The van der Waals surface area contributed by atoms with Gasteiger partial charge in [-0.3, -0.25) is 4.90 Å². The van der Waals surface area contributed by atoms with Crippen LogP contribution in [0.15, 0.2) is 58.3 Å².